The Morgan fingerprint density at radius 3 is 2.83 bits per heavy atom. The Kier molecular flexibility index (Phi) is 6.25. The number of halogens is 1. The summed E-state index contributed by atoms with van der Waals surface area (Å²) in [6.45, 7) is 5.84. The van der Waals surface area contributed by atoms with E-state index in [0.29, 0.717) is 12.0 Å². The summed E-state index contributed by atoms with van der Waals surface area (Å²) in [5, 5.41) is 12.0. The maximum Gasteiger partial charge on any atom is 0.253 e. The van der Waals surface area contributed by atoms with Crippen molar-refractivity contribution in [3.8, 4) is 0 Å². The first-order chi connectivity index (χ1) is 8.58. The normalized spacial score (nSPS) is 12.2. The molecule has 18 heavy (non-hydrogen) atoms. The number of aromatic nitrogens is 2. The lowest BCUT2D eigenvalue weighted by Gasteiger charge is -2.14. The van der Waals surface area contributed by atoms with Crippen molar-refractivity contribution in [2.24, 2.45) is 0 Å². The molecule has 1 N–H and O–H groups in total. The summed E-state index contributed by atoms with van der Waals surface area (Å²) in [5.41, 5.74) is 2.17. The molecule has 1 atom stereocenters. The van der Waals surface area contributed by atoms with E-state index in [1.807, 2.05) is 20.8 Å². The Balaban J connectivity index is 2.74. The van der Waals surface area contributed by atoms with Crippen LogP contribution in [0.2, 0.25) is 0 Å². The summed E-state index contributed by atoms with van der Waals surface area (Å²) in [5.74, 6) is -0.0491. The zero-order chi connectivity index (χ0) is 13.5. The number of nitrogens with zero attached hydrogens (tertiary/aromatic N) is 2. The third-order valence-corrected chi connectivity index (χ3v) is 3.28. The molecular weight excluding hydrogens is 294 g/mol. The van der Waals surface area contributed by atoms with Crippen molar-refractivity contribution in [2.45, 2.75) is 46.1 Å². The van der Waals surface area contributed by atoms with Gasteiger partial charge in [-0.3, -0.25) is 4.79 Å². The van der Waals surface area contributed by atoms with Crippen molar-refractivity contribution in [3.05, 3.63) is 23.0 Å². The van der Waals surface area contributed by atoms with Gasteiger partial charge >= 0.3 is 0 Å². The number of nitrogens with one attached hydrogen (secondary N) is 1. The second-order valence-electron chi connectivity index (χ2n) is 4.41. The van der Waals surface area contributed by atoms with Gasteiger partial charge in [0.05, 0.1) is 17.0 Å². The lowest BCUT2D eigenvalue weighted by Crippen LogP contribution is -2.33. The monoisotopic (exact) mass is 313 g/mol. The van der Waals surface area contributed by atoms with Crippen LogP contribution in [-0.2, 0) is 6.42 Å². The van der Waals surface area contributed by atoms with Gasteiger partial charge in [-0.25, -0.2) is 0 Å². The van der Waals surface area contributed by atoms with E-state index < -0.39 is 0 Å². The minimum atomic E-state index is -0.0491. The molecular formula is C13H20BrN3O. The molecule has 0 aliphatic heterocycles. The Hall–Kier alpha value is -0.970. The predicted molar refractivity (Wildman–Crippen MR) is 76.1 cm³/mol. The van der Waals surface area contributed by atoms with Gasteiger partial charge in [0.1, 0.15) is 0 Å². The van der Waals surface area contributed by atoms with Crippen LogP contribution in [0.4, 0.5) is 0 Å². The third-order valence-electron chi connectivity index (χ3n) is 2.72. The number of hydrogen-bond donors (Lipinski definition) is 1. The van der Waals surface area contributed by atoms with Crippen molar-refractivity contribution < 1.29 is 4.79 Å². The van der Waals surface area contributed by atoms with Crippen LogP contribution in [0.5, 0.6) is 0 Å². The molecule has 1 rings (SSSR count). The first-order valence-corrected chi connectivity index (χ1v) is 7.40. The SMILES string of the molecule is CCc1nnc(C)cc1C(=O)NC(C)CCCBr. The van der Waals surface area contributed by atoms with E-state index >= 15 is 0 Å². The van der Waals surface area contributed by atoms with Crippen LogP contribution in [0, 0.1) is 6.92 Å². The van der Waals surface area contributed by atoms with Crippen LogP contribution < -0.4 is 5.32 Å². The summed E-state index contributed by atoms with van der Waals surface area (Å²) in [6, 6.07) is 1.98. The average molecular weight is 314 g/mol. The smallest absolute Gasteiger partial charge is 0.253 e. The van der Waals surface area contributed by atoms with Gasteiger partial charge in [-0.2, -0.15) is 10.2 Å². The van der Waals surface area contributed by atoms with Gasteiger partial charge in [-0.1, -0.05) is 22.9 Å². The lowest BCUT2D eigenvalue weighted by atomic mass is 10.1. The fourth-order valence-electron chi connectivity index (χ4n) is 1.73. The minimum Gasteiger partial charge on any atom is -0.350 e. The van der Waals surface area contributed by atoms with Crippen molar-refractivity contribution in [2.75, 3.05) is 5.33 Å². The number of amides is 1. The molecule has 0 radical (unpaired) electrons. The first kappa shape index (κ1) is 15.1. The van der Waals surface area contributed by atoms with Gasteiger partial charge in [0.15, 0.2) is 0 Å². The Morgan fingerprint density at radius 2 is 2.22 bits per heavy atom. The Morgan fingerprint density at radius 1 is 1.50 bits per heavy atom. The molecule has 0 aliphatic carbocycles. The molecule has 0 aromatic carbocycles. The van der Waals surface area contributed by atoms with Gasteiger partial charge in [-0.15, -0.1) is 0 Å². The fraction of sp³-hybridized carbons (Fsp3) is 0.615. The van der Waals surface area contributed by atoms with E-state index in [0.717, 1.165) is 29.6 Å². The van der Waals surface area contributed by atoms with E-state index in [1.54, 1.807) is 6.07 Å². The van der Waals surface area contributed by atoms with E-state index in [9.17, 15) is 4.79 Å². The van der Waals surface area contributed by atoms with E-state index in [1.165, 1.54) is 0 Å². The maximum absolute atomic E-state index is 12.2. The molecule has 0 aliphatic rings. The number of carbonyl (C=O) groups is 1. The van der Waals surface area contributed by atoms with Crippen LogP contribution in [0.1, 0.15) is 48.4 Å². The predicted octanol–water partition coefficient (Wildman–Crippen LogP) is 2.64. The molecule has 1 amide bonds. The van der Waals surface area contributed by atoms with E-state index in [2.05, 4.69) is 31.4 Å². The molecule has 4 nitrogen and oxygen atoms in total. The standard InChI is InChI=1S/C13H20BrN3O/c1-4-12-11(8-10(3)16-17-12)13(18)15-9(2)6-5-7-14/h8-9H,4-7H2,1-3H3,(H,15,18). The summed E-state index contributed by atoms with van der Waals surface area (Å²) in [6.07, 6.45) is 2.73. The number of alkyl halides is 1. The van der Waals surface area contributed by atoms with E-state index in [4.69, 9.17) is 0 Å². The van der Waals surface area contributed by atoms with Crippen molar-refractivity contribution in [1.82, 2.24) is 15.5 Å². The fourth-order valence-corrected chi connectivity index (χ4v) is 2.05. The summed E-state index contributed by atoms with van der Waals surface area (Å²) < 4.78 is 0. The van der Waals surface area contributed by atoms with Gasteiger partial charge < -0.3 is 5.32 Å². The summed E-state index contributed by atoms with van der Waals surface area (Å²) in [7, 11) is 0. The molecule has 0 fully saturated rings. The zero-order valence-corrected chi connectivity index (χ0v) is 12.7. The molecule has 0 saturated heterocycles. The number of carbonyl (C=O) groups excluding carboxylic acids is 1. The third kappa shape index (κ3) is 4.37. The van der Waals surface area contributed by atoms with Crippen LogP contribution >= 0.6 is 15.9 Å². The molecule has 1 aromatic rings. The number of aryl methyl sites for hydroxylation is 2. The summed E-state index contributed by atoms with van der Waals surface area (Å²) >= 11 is 3.39. The van der Waals surface area contributed by atoms with Gasteiger partial charge in [0.2, 0.25) is 0 Å². The molecule has 1 unspecified atom stereocenters. The second kappa shape index (κ2) is 7.46. The molecule has 5 heteroatoms. The van der Waals surface area contributed by atoms with Gasteiger partial charge in [-0.05, 0) is 39.2 Å². The highest BCUT2D eigenvalue weighted by molar-refractivity contribution is 9.09. The lowest BCUT2D eigenvalue weighted by molar-refractivity contribution is 0.0936. The van der Waals surface area contributed by atoms with E-state index in [-0.39, 0.29) is 11.9 Å². The number of rotatable bonds is 6. The molecule has 0 spiro atoms. The zero-order valence-electron chi connectivity index (χ0n) is 11.2. The van der Waals surface area contributed by atoms with Crippen LogP contribution in [0.15, 0.2) is 6.07 Å². The highest BCUT2D eigenvalue weighted by Crippen LogP contribution is 2.08. The highest BCUT2D eigenvalue weighted by atomic mass is 79.9. The molecule has 1 heterocycles. The van der Waals surface area contributed by atoms with Crippen molar-refractivity contribution >= 4 is 21.8 Å². The summed E-state index contributed by atoms with van der Waals surface area (Å²) in [4.78, 5) is 12.2. The minimum absolute atomic E-state index is 0.0491. The molecule has 1 aromatic heterocycles. The van der Waals surface area contributed by atoms with Gasteiger partial charge in [0, 0.05) is 11.4 Å². The van der Waals surface area contributed by atoms with Crippen LogP contribution in [0.3, 0.4) is 0 Å². The average Bonchev–Trinajstić information content (AvgIpc) is 2.36. The van der Waals surface area contributed by atoms with Crippen molar-refractivity contribution in [1.29, 1.82) is 0 Å². The molecule has 0 saturated carbocycles. The van der Waals surface area contributed by atoms with Crippen LogP contribution in [-0.4, -0.2) is 27.5 Å². The van der Waals surface area contributed by atoms with Crippen LogP contribution in [0.25, 0.3) is 0 Å². The maximum atomic E-state index is 12.2. The Bertz CT molecular complexity index is 409. The second-order valence-corrected chi connectivity index (χ2v) is 5.20. The Labute approximate surface area is 117 Å². The van der Waals surface area contributed by atoms with Crippen molar-refractivity contribution in [3.63, 3.8) is 0 Å². The first-order valence-electron chi connectivity index (χ1n) is 6.28. The largest absolute Gasteiger partial charge is 0.350 e. The number of hydrogen-bond acceptors (Lipinski definition) is 3. The quantitative estimate of drug-likeness (QED) is 0.821. The topological polar surface area (TPSA) is 54.9 Å². The van der Waals surface area contributed by atoms with Gasteiger partial charge in [0.25, 0.3) is 5.91 Å². The molecule has 0 bridgehead atoms. The highest BCUT2D eigenvalue weighted by Gasteiger charge is 2.14. The molecule has 100 valence electrons.